The Morgan fingerprint density at radius 1 is 1.00 bits per heavy atom. The van der Waals surface area contributed by atoms with E-state index in [-0.39, 0.29) is 11.9 Å². The largest absolute Gasteiger partial charge is 0.573 e. The van der Waals surface area contributed by atoms with Gasteiger partial charge in [0.1, 0.15) is 5.75 Å². The minimum Gasteiger partial charge on any atom is -0.406 e. The fourth-order valence-corrected chi connectivity index (χ4v) is 2.77. The van der Waals surface area contributed by atoms with Crippen molar-refractivity contribution in [1.82, 2.24) is 9.80 Å². The van der Waals surface area contributed by atoms with Crippen molar-refractivity contribution < 1.29 is 28.1 Å². The van der Waals surface area contributed by atoms with E-state index in [9.17, 15) is 23.4 Å². The van der Waals surface area contributed by atoms with Gasteiger partial charge < -0.3 is 14.9 Å². The standard InChI is InChI=1S/C16H23F3N2O3/c1-12(22)10-20-6-8-21(9-7-20)11-15(23)13-2-4-14(5-3-13)24-16(17,18)19/h2-5,12,15,22-23H,6-11H2,1H3/t12-,15-/m0/s1. The van der Waals surface area contributed by atoms with Gasteiger partial charge in [-0.05, 0) is 24.6 Å². The van der Waals surface area contributed by atoms with Crippen molar-refractivity contribution in [1.29, 1.82) is 0 Å². The van der Waals surface area contributed by atoms with E-state index in [4.69, 9.17) is 0 Å². The molecule has 2 rings (SSSR count). The number of β-amino-alcohol motifs (C(OH)–C–C–N with tert-alkyl or cyclic N) is 2. The van der Waals surface area contributed by atoms with Gasteiger partial charge in [-0.2, -0.15) is 0 Å². The Kier molecular flexibility index (Phi) is 6.45. The Labute approximate surface area is 139 Å². The van der Waals surface area contributed by atoms with Crippen LogP contribution in [-0.4, -0.2) is 71.7 Å². The Morgan fingerprint density at radius 2 is 1.50 bits per heavy atom. The highest BCUT2D eigenvalue weighted by Crippen LogP contribution is 2.24. The molecule has 0 bridgehead atoms. The molecule has 0 aliphatic carbocycles. The summed E-state index contributed by atoms with van der Waals surface area (Å²) < 4.78 is 40.2. The van der Waals surface area contributed by atoms with Crippen molar-refractivity contribution in [2.75, 3.05) is 39.3 Å². The Hall–Kier alpha value is -1.35. The van der Waals surface area contributed by atoms with Crippen LogP contribution in [0.3, 0.4) is 0 Å². The lowest BCUT2D eigenvalue weighted by molar-refractivity contribution is -0.274. The lowest BCUT2D eigenvalue weighted by Gasteiger charge is -2.36. The van der Waals surface area contributed by atoms with Crippen LogP contribution in [0.15, 0.2) is 24.3 Å². The van der Waals surface area contributed by atoms with Gasteiger partial charge in [0.2, 0.25) is 0 Å². The van der Waals surface area contributed by atoms with Crippen molar-refractivity contribution in [3.63, 3.8) is 0 Å². The van der Waals surface area contributed by atoms with Crippen LogP contribution in [0.25, 0.3) is 0 Å². The molecule has 1 aliphatic rings. The molecule has 1 fully saturated rings. The lowest BCUT2D eigenvalue weighted by atomic mass is 10.1. The van der Waals surface area contributed by atoms with Crippen molar-refractivity contribution in [3.05, 3.63) is 29.8 Å². The summed E-state index contributed by atoms with van der Waals surface area (Å²) >= 11 is 0. The van der Waals surface area contributed by atoms with E-state index in [1.807, 2.05) is 0 Å². The first-order valence-electron chi connectivity index (χ1n) is 7.89. The van der Waals surface area contributed by atoms with Gasteiger partial charge in [-0.1, -0.05) is 12.1 Å². The fraction of sp³-hybridized carbons (Fsp3) is 0.625. The Bertz CT molecular complexity index is 500. The van der Waals surface area contributed by atoms with E-state index in [0.29, 0.717) is 18.7 Å². The maximum atomic E-state index is 12.1. The van der Waals surface area contributed by atoms with E-state index < -0.39 is 12.5 Å². The average Bonchev–Trinajstić information content (AvgIpc) is 2.48. The van der Waals surface area contributed by atoms with Gasteiger partial charge in [0, 0.05) is 39.3 Å². The third kappa shape index (κ3) is 6.27. The number of piperazine rings is 1. The molecule has 0 radical (unpaired) electrons. The Balaban J connectivity index is 1.81. The number of aliphatic hydroxyl groups excluding tert-OH is 2. The number of hydrogen-bond donors (Lipinski definition) is 2. The van der Waals surface area contributed by atoms with E-state index in [0.717, 1.165) is 26.2 Å². The molecule has 0 amide bonds. The second kappa shape index (κ2) is 8.15. The third-order valence-corrected chi connectivity index (χ3v) is 3.92. The smallest absolute Gasteiger partial charge is 0.406 e. The number of benzene rings is 1. The van der Waals surface area contributed by atoms with Crippen LogP contribution in [0.1, 0.15) is 18.6 Å². The normalized spacial score (nSPS) is 19.9. The summed E-state index contributed by atoms with van der Waals surface area (Å²) in [6.45, 7) is 5.99. The van der Waals surface area contributed by atoms with Gasteiger partial charge >= 0.3 is 6.36 Å². The van der Waals surface area contributed by atoms with Gasteiger partial charge in [-0.25, -0.2) is 0 Å². The maximum absolute atomic E-state index is 12.1. The minimum absolute atomic E-state index is 0.301. The predicted octanol–water partition coefficient (Wildman–Crippen LogP) is 1.62. The van der Waals surface area contributed by atoms with E-state index in [1.54, 1.807) is 6.92 Å². The highest BCUT2D eigenvalue weighted by Gasteiger charge is 2.31. The molecule has 1 aromatic carbocycles. The number of halogens is 3. The van der Waals surface area contributed by atoms with Crippen molar-refractivity contribution >= 4 is 0 Å². The first-order chi connectivity index (χ1) is 11.2. The molecule has 2 N–H and O–H groups in total. The third-order valence-electron chi connectivity index (χ3n) is 3.92. The first-order valence-corrected chi connectivity index (χ1v) is 7.89. The summed E-state index contributed by atoms with van der Waals surface area (Å²) in [6.07, 6.45) is -5.85. The van der Waals surface area contributed by atoms with E-state index in [1.165, 1.54) is 24.3 Å². The molecule has 24 heavy (non-hydrogen) atoms. The SMILES string of the molecule is C[C@H](O)CN1CCN(C[C@H](O)c2ccc(OC(F)(F)F)cc2)CC1. The summed E-state index contributed by atoms with van der Waals surface area (Å²) in [5.74, 6) is -0.301. The van der Waals surface area contributed by atoms with Crippen LogP contribution >= 0.6 is 0 Å². The molecule has 8 heteroatoms. The number of nitrogens with zero attached hydrogens (tertiary/aromatic N) is 2. The van der Waals surface area contributed by atoms with Gasteiger partial charge in [0.05, 0.1) is 12.2 Å². The number of ether oxygens (including phenoxy) is 1. The van der Waals surface area contributed by atoms with Gasteiger partial charge in [0.15, 0.2) is 0 Å². The van der Waals surface area contributed by atoms with Crippen LogP contribution in [0.5, 0.6) is 5.75 Å². The van der Waals surface area contributed by atoms with Crippen LogP contribution in [0.2, 0.25) is 0 Å². The van der Waals surface area contributed by atoms with Crippen LogP contribution < -0.4 is 4.74 Å². The molecular weight excluding hydrogens is 325 g/mol. The zero-order chi connectivity index (χ0) is 17.7. The molecule has 136 valence electrons. The summed E-state index contributed by atoms with van der Waals surface area (Å²) in [5.41, 5.74) is 0.552. The summed E-state index contributed by atoms with van der Waals surface area (Å²) in [4.78, 5) is 4.26. The van der Waals surface area contributed by atoms with Crippen molar-refractivity contribution in [2.24, 2.45) is 0 Å². The molecule has 0 spiro atoms. The number of rotatable bonds is 6. The van der Waals surface area contributed by atoms with Gasteiger partial charge in [0.25, 0.3) is 0 Å². The summed E-state index contributed by atoms with van der Waals surface area (Å²) in [6, 6.07) is 5.28. The second-order valence-electron chi connectivity index (χ2n) is 6.08. The molecule has 1 aromatic rings. The monoisotopic (exact) mass is 348 g/mol. The van der Waals surface area contributed by atoms with Crippen molar-refractivity contribution in [3.8, 4) is 5.75 Å². The average molecular weight is 348 g/mol. The molecule has 1 aliphatic heterocycles. The molecule has 2 atom stereocenters. The van der Waals surface area contributed by atoms with E-state index >= 15 is 0 Å². The second-order valence-corrected chi connectivity index (χ2v) is 6.08. The quantitative estimate of drug-likeness (QED) is 0.818. The molecular formula is C16H23F3N2O3. The number of hydrogen-bond acceptors (Lipinski definition) is 5. The molecule has 1 saturated heterocycles. The van der Waals surface area contributed by atoms with Gasteiger partial charge in [-0.3, -0.25) is 9.80 Å². The molecule has 0 saturated carbocycles. The van der Waals surface area contributed by atoms with E-state index in [2.05, 4.69) is 14.5 Å². The van der Waals surface area contributed by atoms with Crippen LogP contribution in [0, 0.1) is 0 Å². The highest BCUT2D eigenvalue weighted by molar-refractivity contribution is 5.28. The topological polar surface area (TPSA) is 56.2 Å². The first kappa shape index (κ1) is 19.0. The lowest BCUT2D eigenvalue weighted by Crippen LogP contribution is -2.49. The fourth-order valence-electron chi connectivity index (χ4n) is 2.77. The summed E-state index contributed by atoms with van der Waals surface area (Å²) in [5, 5.41) is 19.6. The Morgan fingerprint density at radius 3 is 1.96 bits per heavy atom. The molecule has 0 unspecified atom stereocenters. The van der Waals surface area contributed by atoms with Gasteiger partial charge in [-0.15, -0.1) is 13.2 Å². The maximum Gasteiger partial charge on any atom is 0.573 e. The zero-order valence-electron chi connectivity index (χ0n) is 13.5. The zero-order valence-corrected chi connectivity index (χ0v) is 13.5. The number of alkyl halides is 3. The molecule has 0 aromatic heterocycles. The summed E-state index contributed by atoms with van der Waals surface area (Å²) in [7, 11) is 0. The predicted molar refractivity (Wildman–Crippen MR) is 82.6 cm³/mol. The van der Waals surface area contributed by atoms with Crippen molar-refractivity contribution in [2.45, 2.75) is 25.5 Å². The molecule has 5 nitrogen and oxygen atoms in total. The highest BCUT2D eigenvalue weighted by atomic mass is 19.4. The molecule has 1 heterocycles. The number of aliphatic hydroxyl groups is 2. The van der Waals surface area contributed by atoms with Crippen LogP contribution in [-0.2, 0) is 0 Å². The minimum atomic E-state index is -4.72. The van der Waals surface area contributed by atoms with Crippen LogP contribution in [0.4, 0.5) is 13.2 Å².